The van der Waals surface area contributed by atoms with E-state index in [0.29, 0.717) is 11.8 Å². The molecule has 1 aliphatic carbocycles. The van der Waals surface area contributed by atoms with Gasteiger partial charge in [-0.25, -0.2) is 0 Å². The molecule has 0 aliphatic heterocycles. The molecular weight excluding hydrogens is 316 g/mol. The maximum atomic E-state index is 10.7. The monoisotopic (exact) mass is 346 g/mol. The molecule has 4 N–H and O–H groups in total. The zero-order valence-corrected chi connectivity index (χ0v) is 15.1. The van der Waals surface area contributed by atoms with Crippen LogP contribution < -0.4 is 21.1 Å². The van der Waals surface area contributed by atoms with Gasteiger partial charge >= 0.3 is 0 Å². The highest BCUT2D eigenvalue weighted by Gasteiger charge is 2.14. The third-order valence-corrected chi connectivity index (χ3v) is 4.27. The summed E-state index contributed by atoms with van der Waals surface area (Å²) in [6.07, 6.45) is 7.29. The largest absolute Gasteiger partial charge is 0.484 e. The number of hydrogen-bond donors (Lipinski definition) is 3. The van der Waals surface area contributed by atoms with Crippen molar-refractivity contribution in [1.29, 1.82) is 0 Å². The number of nitrogens with two attached hydrogens (primary N) is 1. The summed E-state index contributed by atoms with van der Waals surface area (Å²) in [5, 5.41) is 6.88. The first kappa shape index (κ1) is 19.1. The van der Waals surface area contributed by atoms with E-state index in [1.807, 2.05) is 24.3 Å². The van der Waals surface area contributed by atoms with Crippen LogP contribution in [0.3, 0.4) is 0 Å². The fourth-order valence-corrected chi connectivity index (χ4v) is 2.96. The second-order valence-corrected chi connectivity index (χ2v) is 6.39. The van der Waals surface area contributed by atoms with Gasteiger partial charge in [-0.15, -0.1) is 0 Å². The lowest BCUT2D eigenvalue weighted by molar-refractivity contribution is -0.119. The Labute approximate surface area is 150 Å². The smallest absolute Gasteiger partial charge is 0.255 e. The number of rotatable bonds is 8. The van der Waals surface area contributed by atoms with E-state index in [4.69, 9.17) is 10.5 Å². The van der Waals surface area contributed by atoms with Crippen LogP contribution >= 0.6 is 0 Å². The van der Waals surface area contributed by atoms with Crippen LogP contribution in [0.4, 0.5) is 0 Å². The van der Waals surface area contributed by atoms with Crippen molar-refractivity contribution < 1.29 is 9.53 Å². The van der Waals surface area contributed by atoms with Crippen LogP contribution in [-0.2, 0) is 11.2 Å². The molecule has 0 saturated heterocycles. The first-order valence-corrected chi connectivity index (χ1v) is 9.22. The number of nitrogens with zero attached hydrogens (tertiary/aromatic N) is 1. The second kappa shape index (κ2) is 10.6. The van der Waals surface area contributed by atoms with Crippen LogP contribution in [0.15, 0.2) is 29.3 Å². The van der Waals surface area contributed by atoms with E-state index in [1.54, 1.807) is 0 Å². The molecule has 138 valence electrons. The Morgan fingerprint density at radius 2 is 1.96 bits per heavy atom. The number of carbonyl (C=O) groups is 1. The Balaban J connectivity index is 1.80. The average Bonchev–Trinajstić information content (AvgIpc) is 2.62. The summed E-state index contributed by atoms with van der Waals surface area (Å²) in [5.41, 5.74) is 6.25. The molecule has 1 saturated carbocycles. The van der Waals surface area contributed by atoms with Crippen LogP contribution in [0.25, 0.3) is 0 Å². The molecule has 6 nitrogen and oxygen atoms in total. The number of aliphatic imine (C=N–C) groups is 1. The number of hydrogen-bond acceptors (Lipinski definition) is 3. The van der Waals surface area contributed by atoms with Crippen LogP contribution in [0.1, 0.15) is 44.6 Å². The molecule has 0 bridgehead atoms. The van der Waals surface area contributed by atoms with Crippen LogP contribution in [-0.4, -0.2) is 37.6 Å². The van der Waals surface area contributed by atoms with Crippen LogP contribution in [0.2, 0.25) is 0 Å². The van der Waals surface area contributed by atoms with Gasteiger partial charge in [0.25, 0.3) is 5.91 Å². The molecule has 1 amide bonds. The molecule has 0 atom stereocenters. The predicted octanol–water partition coefficient (Wildman–Crippen LogP) is 1.98. The van der Waals surface area contributed by atoms with Gasteiger partial charge in [0.1, 0.15) is 5.75 Å². The van der Waals surface area contributed by atoms with Crippen molar-refractivity contribution in [3.63, 3.8) is 0 Å². The lowest BCUT2D eigenvalue weighted by Crippen LogP contribution is -2.44. The minimum atomic E-state index is -0.472. The standard InChI is InChI=1S/C19H30N4O2/c1-2-21-19(23-16-6-4-3-5-7-16)22-13-12-15-8-10-17(11-9-15)25-14-18(20)24/h8-11,16H,2-7,12-14H2,1H3,(H2,20,24)(H2,21,22,23). The van der Waals surface area contributed by atoms with Crippen molar-refractivity contribution in [1.82, 2.24) is 10.6 Å². The first-order chi connectivity index (χ1) is 12.2. The maximum Gasteiger partial charge on any atom is 0.255 e. The molecule has 0 spiro atoms. The molecule has 1 aromatic carbocycles. The third-order valence-electron chi connectivity index (χ3n) is 4.27. The topological polar surface area (TPSA) is 88.7 Å². The van der Waals surface area contributed by atoms with Gasteiger partial charge in [-0.05, 0) is 43.9 Å². The summed E-state index contributed by atoms with van der Waals surface area (Å²) in [4.78, 5) is 15.4. The molecule has 25 heavy (non-hydrogen) atoms. The van der Waals surface area contributed by atoms with Crippen molar-refractivity contribution in [2.24, 2.45) is 10.7 Å². The van der Waals surface area contributed by atoms with E-state index < -0.39 is 5.91 Å². The summed E-state index contributed by atoms with van der Waals surface area (Å²) in [6.45, 7) is 3.58. The maximum absolute atomic E-state index is 10.7. The van der Waals surface area contributed by atoms with Gasteiger partial charge in [0.15, 0.2) is 12.6 Å². The summed E-state index contributed by atoms with van der Waals surface area (Å²) in [7, 11) is 0. The Kier molecular flexibility index (Phi) is 8.09. The Hall–Kier alpha value is -2.24. The lowest BCUT2D eigenvalue weighted by atomic mass is 9.96. The SMILES string of the molecule is CCNC(=NCCc1ccc(OCC(N)=O)cc1)NC1CCCCC1. The first-order valence-electron chi connectivity index (χ1n) is 9.22. The zero-order valence-electron chi connectivity index (χ0n) is 15.1. The summed E-state index contributed by atoms with van der Waals surface area (Å²) >= 11 is 0. The van der Waals surface area contributed by atoms with Crippen molar-refractivity contribution in [3.05, 3.63) is 29.8 Å². The van der Waals surface area contributed by atoms with E-state index in [9.17, 15) is 4.79 Å². The molecule has 0 aromatic heterocycles. The number of guanidine groups is 1. The van der Waals surface area contributed by atoms with E-state index in [1.165, 1.54) is 37.7 Å². The van der Waals surface area contributed by atoms with E-state index in [-0.39, 0.29) is 6.61 Å². The number of ether oxygens (including phenoxy) is 1. The quantitative estimate of drug-likeness (QED) is 0.496. The highest BCUT2D eigenvalue weighted by Crippen LogP contribution is 2.17. The third kappa shape index (κ3) is 7.45. The Bertz CT molecular complexity index is 551. The molecular formula is C19H30N4O2. The Morgan fingerprint density at radius 3 is 2.60 bits per heavy atom. The molecule has 1 aromatic rings. The van der Waals surface area contributed by atoms with Gasteiger partial charge in [-0.3, -0.25) is 9.79 Å². The molecule has 1 aliphatic rings. The van der Waals surface area contributed by atoms with Gasteiger partial charge < -0.3 is 21.1 Å². The number of amides is 1. The van der Waals surface area contributed by atoms with E-state index in [2.05, 4.69) is 22.5 Å². The van der Waals surface area contributed by atoms with Crippen LogP contribution in [0.5, 0.6) is 5.75 Å². The van der Waals surface area contributed by atoms with Gasteiger partial charge in [-0.1, -0.05) is 31.4 Å². The van der Waals surface area contributed by atoms with E-state index >= 15 is 0 Å². The van der Waals surface area contributed by atoms with Crippen molar-refractivity contribution >= 4 is 11.9 Å². The summed E-state index contributed by atoms with van der Waals surface area (Å²) in [5.74, 6) is 1.09. The fraction of sp³-hybridized carbons (Fsp3) is 0.579. The average molecular weight is 346 g/mol. The van der Waals surface area contributed by atoms with Gasteiger partial charge in [-0.2, -0.15) is 0 Å². The normalized spacial score (nSPS) is 15.6. The highest BCUT2D eigenvalue weighted by atomic mass is 16.5. The zero-order chi connectivity index (χ0) is 17.9. The lowest BCUT2D eigenvalue weighted by Gasteiger charge is -2.24. The molecule has 1 fully saturated rings. The van der Waals surface area contributed by atoms with Crippen molar-refractivity contribution in [2.75, 3.05) is 19.7 Å². The van der Waals surface area contributed by atoms with E-state index in [0.717, 1.165) is 25.5 Å². The Morgan fingerprint density at radius 1 is 1.24 bits per heavy atom. The van der Waals surface area contributed by atoms with Gasteiger partial charge in [0, 0.05) is 19.1 Å². The fourth-order valence-electron chi connectivity index (χ4n) is 2.96. The number of benzene rings is 1. The number of carbonyl (C=O) groups excluding carboxylic acids is 1. The van der Waals surface area contributed by atoms with Gasteiger partial charge in [0.05, 0.1) is 0 Å². The molecule has 0 heterocycles. The number of nitrogens with one attached hydrogen (secondary N) is 2. The molecule has 0 radical (unpaired) electrons. The minimum Gasteiger partial charge on any atom is -0.484 e. The van der Waals surface area contributed by atoms with Gasteiger partial charge in [0.2, 0.25) is 0 Å². The van der Waals surface area contributed by atoms with Crippen LogP contribution in [0, 0.1) is 0 Å². The number of primary amides is 1. The minimum absolute atomic E-state index is 0.0947. The summed E-state index contributed by atoms with van der Waals surface area (Å²) in [6, 6.07) is 8.25. The predicted molar refractivity (Wildman–Crippen MR) is 101 cm³/mol. The second-order valence-electron chi connectivity index (χ2n) is 6.39. The molecule has 2 rings (SSSR count). The highest BCUT2D eigenvalue weighted by molar-refractivity contribution is 5.80. The van der Waals surface area contributed by atoms with Crippen molar-refractivity contribution in [2.45, 2.75) is 51.5 Å². The summed E-state index contributed by atoms with van der Waals surface area (Å²) < 4.78 is 5.26. The van der Waals surface area contributed by atoms with Crippen molar-refractivity contribution in [3.8, 4) is 5.75 Å². The molecule has 6 heteroatoms. The molecule has 0 unspecified atom stereocenters.